The van der Waals surface area contributed by atoms with Crippen LogP contribution in [0.5, 0.6) is 0 Å². The van der Waals surface area contributed by atoms with Gasteiger partial charge in [0.05, 0.1) is 11.3 Å². The van der Waals surface area contributed by atoms with Crippen molar-refractivity contribution < 1.29 is 9.59 Å². The average molecular weight is 465 g/mol. The average Bonchev–Trinajstić information content (AvgIpc) is 2.99. The minimum atomic E-state index is -0.440. The number of carbonyl (C=O) groups excluding carboxylic acids is 2. The van der Waals surface area contributed by atoms with Crippen LogP contribution >= 0.6 is 23.2 Å². The van der Waals surface area contributed by atoms with Crippen LogP contribution in [0.15, 0.2) is 60.3 Å². The standard InChI is InChI=1S/C26H22Cl2N2O2/c1-14-8-10-18(12-16(14)3)23-24(29-19-11-9-15(2)21(28)13-19)26(32)30(25(23)31)22-7-5-6-20(27)17(22)4/h5-13,29H,1-4H3. The number of hydrogen-bond donors (Lipinski definition) is 1. The second-order valence-corrected chi connectivity index (χ2v) is 8.78. The molecular weight excluding hydrogens is 443 g/mol. The number of rotatable bonds is 4. The van der Waals surface area contributed by atoms with Crippen LogP contribution < -0.4 is 10.2 Å². The van der Waals surface area contributed by atoms with E-state index in [1.807, 2.05) is 51.1 Å². The summed E-state index contributed by atoms with van der Waals surface area (Å²) in [6.45, 7) is 7.68. The molecule has 1 aliphatic heterocycles. The molecule has 2 amide bonds. The number of nitrogens with zero attached hydrogens (tertiary/aromatic N) is 1. The summed E-state index contributed by atoms with van der Waals surface area (Å²) < 4.78 is 0. The lowest BCUT2D eigenvalue weighted by molar-refractivity contribution is -0.120. The molecule has 0 unspecified atom stereocenters. The fourth-order valence-corrected chi connectivity index (χ4v) is 4.03. The molecular formula is C26H22Cl2N2O2. The molecule has 0 spiro atoms. The van der Waals surface area contributed by atoms with E-state index < -0.39 is 11.8 Å². The highest BCUT2D eigenvalue weighted by Gasteiger charge is 2.41. The van der Waals surface area contributed by atoms with Crippen LogP contribution in [0.25, 0.3) is 5.57 Å². The van der Waals surface area contributed by atoms with Crippen molar-refractivity contribution >= 4 is 52.0 Å². The monoisotopic (exact) mass is 464 g/mol. The number of hydrogen-bond acceptors (Lipinski definition) is 3. The van der Waals surface area contributed by atoms with E-state index in [2.05, 4.69) is 5.32 Å². The third-order valence-electron chi connectivity index (χ3n) is 5.80. The van der Waals surface area contributed by atoms with Gasteiger partial charge in [-0.2, -0.15) is 0 Å². The molecule has 4 rings (SSSR count). The lowest BCUT2D eigenvalue weighted by Gasteiger charge is -2.18. The Morgan fingerprint density at radius 2 is 1.47 bits per heavy atom. The van der Waals surface area contributed by atoms with Crippen LogP contribution in [0.1, 0.15) is 27.8 Å². The molecule has 0 bridgehead atoms. The number of carbonyl (C=O) groups is 2. The third kappa shape index (κ3) is 3.81. The van der Waals surface area contributed by atoms with Crippen LogP contribution in [0.4, 0.5) is 11.4 Å². The van der Waals surface area contributed by atoms with E-state index in [1.165, 1.54) is 4.90 Å². The number of nitrogens with one attached hydrogen (secondary N) is 1. The molecule has 0 aliphatic carbocycles. The van der Waals surface area contributed by atoms with Gasteiger partial charge in [-0.05, 0) is 79.8 Å². The Labute approximate surface area is 197 Å². The van der Waals surface area contributed by atoms with E-state index in [0.29, 0.717) is 38.1 Å². The molecule has 4 nitrogen and oxygen atoms in total. The number of aryl methyl sites for hydroxylation is 3. The first-order chi connectivity index (χ1) is 15.2. The zero-order valence-electron chi connectivity index (χ0n) is 18.2. The van der Waals surface area contributed by atoms with Crippen molar-refractivity contribution in [3.05, 3.63) is 98.2 Å². The van der Waals surface area contributed by atoms with Gasteiger partial charge in [0.15, 0.2) is 0 Å². The van der Waals surface area contributed by atoms with Gasteiger partial charge in [-0.1, -0.05) is 53.5 Å². The van der Waals surface area contributed by atoms with Gasteiger partial charge in [0.2, 0.25) is 0 Å². The Bertz CT molecular complexity index is 1310. The van der Waals surface area contributed by atoms with E-state index in [1.54, 1.807) is 31.2 Å². The fourth-order valence-electron chi connectivity index (χ4n) is 3.68. The molecule has 3 aromatic carbocycles. The number of imide groups is 1. The van der Waals surface area contributed by atoms with Crippen molar-refractivity contribution in [2.45, 2.75) is 27.7 Å². The second kappa shape index (κ2) is 8.45. The molecule has 3 aromatic rings. The maximum absolute atomic E-state index is 13.6. The molecule has 0 radical (unpaired) electrons. The van der Waals surface area contributed by atoms with Crippen LogP contribution in [0.3, 0.4) is 0 Å². The summed E-state index contributed by atoms with van der Waals surface area (Å²) in [5, 5.41) is 4.22. The highest BCUT2D eigenvalue weighted by Crippen LogP contribution is 2.37. The first-order valence-corrected chi connectivity index (χ1v) is 10.9. The summed E-state index contributed by atoms with van der Waals surface area (Å²) in [4.78, 5) is 28.4. The maximum Gasteiger partial charge on any atom is 0.282 e. The predicted octanol–water partition coefficient (Wildman–Crippen LogP) is 6.62. The molecule has 0 fully saturated rings. The van der Waals surface area contributed by atoms with Crippen molar-refractivity contribution in [3.63, 3.8) is 0 Å². The number of halogens is 2. The maximum atomic E-state index is 13.6. The largest absolute Gasteiger partial charge is 0.350 e. The molecule has 0 saturated carbocycles. The second-order valence-electron chi connectivity index (χ2n) is 7.97. The fraction of sp³-hybridized carbons (Fsp3) is 0.154. The zero-order valence-corrected chi connectivity index (χ0v) is 19.7. The summed E-state index contributed by atoms with van der Waals surface area (Å²) in [5.74, 6) is -0.838. The minimum Gasteiger partial charge on any atom is -0.350 e. The van der Waals surface area contributed by atoms with E-state index in [9.17, 15) is 9.59 Å². The van der Waals surface area contributed by atoms with Gasteiger partial charge >= 0.3 is 0 Å². The van der Waals surface area contributed by atoms with Crippen LogP contribution in [0.2, 0.25) is 10.0 Å². The van der Waals surface area contributed by atoms with Gasteiger partial charge in [0.25, 0.3) is 11.8 Å². The summed E-state index contributed by atoms with van der Waals surface area (Å²) in [7, 11) is 0. The summed E-state index contributed by atoms with van der Waals surface area (Å²) in [5.41, 5.74) is 6.01. The Kier molecular flexibility index (Phi) is 5.85. The third-order valence-corrected chi connectivity index (χ3v) is 6.62. The summed E-state index contributed by atoms with van der Waals surface area (Å²) >= 11 is 12.6. The molecule has 0 aromatic heterocycles. The zero-order chi connectivity index (χ0) is 23.2. The molecule has 1 heterocycles. The van der Waals surface area contributed by atoms with E-state index in [-0.39, 0.29) is 5.70 Å². The molecule has 32 heavy (non-hydrogen) atoms. The van der Waals surface area contributed by atoms with Crippen molar-refractivity contribution in [2.75, 3.05) is 10.2 Å². The summed E-state index contributed by atoms with van der Waals surface area (Å²) in [6.07, 6.45) is 0. The molecule has 162 valence electrons. The Morgan fingerprint density at radius 1 is 0.750 bits per heavy atom. The highest BCUT2D eigenvalue weighted by molar-refractivity contribution is 6.46. The molecule has 6 heteroatoms. The van der Waals surface area contributed by atoms with Gasteiger partial charge in [0.1, 0.15) is 5.70 Å². The smallest absolute Gasteiger partial charge is 0.282 e. The number of amides is 2. The van der Waals surface area contributed by atoms with Crippen LogP contribution in [-0.2, 0) is 9.59 Å². The lowest BCUT2D eigenvalue weighted by atomic mass is 9.99. The molecule has 1 N–H and O–H groups in total. The molecule has 1 aliphatic rings. The first kappa shape index (κ1) is 22.1. The van der Waals surface area contributed by atoms with Gasteiger partial charge in [-0.25, -0.2) is 4.90 Å². The van der Waals surface area contributed by atoms with Crippen molar-refractivity contribution in [3.8, 4) is 0 Å². The summed E-state index contributed by atoms with van der Waals surface area (Å²) in [6, 6.07) is 16.4. The Hall–Kier alpha value is -3.08. The highest BCUT2D eigenvalue weighted by atomic mass is 35.5. The van der Waals surface area contributed by atoms with Gasteiger partial charge in [-0.15, -0.1) is 0 Å². The van der Waals surface area contributed by atoms with E-state index >= 15 is 0 Å². The van der Waals surface area contributed by atoms with Gasteiger partial charge in [0, 0.05) is 15.7 Å². The van der Waals surface area contributed by atoms with Crippen molar-refractivity contribution in [1.82, 2.24) is 0 Å². The first-order valence-electron chi connectivity index (χ1n) is 10.2. The number of anilines is 2. The van der Waals surface area contributed by atoms with Crippen LogP contribution in [0, 0.1) is 27.7 Å². The van der Waals surface area contributed by atoms with Crippen molar-refractivity contribution in [1.29, 1.82) is 0 Å². The Balaban J connectivity index is 1.88. The molecule has 0 saturated heterocycles. The van der Waals surface area contributed by atoms with Gasteiger partial charge < -0.3 is 5.32 Å². The minimum absolute atomic E-state index is 0.206. The van der Waals surface area contributed by atoms with E-state index in [4.69, 9.17) is 23.2 Å². The number of benzene rings is 3. The van der Waals surface area contributed by atoms with Crippen molar-refractivity contribution in [2.24, 2.45) is 0 Å². The topological polar surface area (TPSA) is 49.4 Å². The Morgan fingerprint density at radius 3 is 2.16 bits per heavy atom. The van der Waals surface area contributed by atoms with Gasteiger partial charge in [-0.3, -0.25) is 9.59 Å². The van der Waals surface area contributed by atoms with Crippen LogP contribution in [-0.4, -0.2) is 11.8 Å². The normalized spacial score (nSPS) is 13.9. The lowest BCUT2D eigenvalue weighted by Crippen LogP contribution is -2.33. The SMILES string of the molecule is Cc1ccc(C2=C(Nc3ccc(C)c(Cl)c3)C(=O)N(c3cccc(Cl)c3C)C2=O)cc1C. The van der Waals surface area contributed by atoms with E-state index in [0.717, 1.165) is 16.7 Å². The quantitative estimate of drug-likeness (QED) is 0.441. The molecule has 0 atom stereocenters. The predicted molar refractivity (Wildman–Crippen MR) is 131 cm³/mol.